The fraction of sp³-hybridized carbons (Fsp3) is 0.533. The summed E-state index contributed by atoms with van der Waals surface area (Å²) in [6.45, 7) is 4.62. The minimum Gasteiger partial charge on any atom is -0.340 e. The van der Waals surface area contributed by atoms with E-state index >= 15 is 0 Å². The van der Waals surface area contributed by atoms with E-state index < -0.39 is 0 Å². The summed E-state index contributed by atoms with van der Waals surface area (Å²) in [5.41, 5.74) is 1.77. The Morgan fingerprint density at radius 3 is 3.05 bits per heavy atom. The van der Waals surface area contributed by atoms with Crippen LogP contribution in [-0.2, 0) is 6.42 Å². The van der Waals surface area contributed by atoms with Gasteiger partial charge in [-0.15, -0.1) is 11.3 Å². The number of thiazole rings is 1. The van der Waals surface area contributed by atoms with Crippen molar-refractivity contribution in [1.82, 2.24) is 19.9 Å². The molecule has 0 fully saturated rings. The van der Waals surface area contributed by atoms with Gasteiger partial charge >= 0.3 is 0 Å². The second-order valence-corrected chi connectivity index (χ2v) is 6.99. The zero-order valence-corrected chi connectivity index (χ0v) is 13.5. The lowest BCUT2D eigenvalue weighted by molar-refractivity contribution is 0.0777. The molecule has 3 rings (SSSR count). The third-order valence-corrected chi connectivity index (χ3v) is 5.00. The Labute approximate surface area is 128 Å². The number of H-pyrrole nitrogens is 1. The highest BCUT2D eigenvalue weighted by molar-refractivity contribution is 7.11. The lowest BCUT2D eigenvalue weighted by Crippen LogP contribution is -2.32. The van der Waals surface area contributed by atoms with Gasteiger partial charge in [0.1, 0.15) is 11.5 Å². The van der Waals surface area contributed by atoms with Crippen molar-refractivity contribution in [1.29, 1.82) is 0 Å². The van der Waals surface area contributed by atoms with Gasteiger partial charge in [0.2, 0.25) is 0 Å². The summed E-state index contributed by atoms with van der Waals surface area (Å²) in [7, 11) is 1.85. The number of amides is 1. The molecular weight excluding hydrogens is 284 g/mol. The summed E-state index contributed by atoms with van der Waals surface area (Å²) in [4.78, 5) is 27.3. The molecule has 2 aromatic heterocycles. The van der Waals surface area contributed by atoms with Crippen LogP contribution in [0.5, 0.6) is 0 Å². The van der Waals surface area contributed by atoms with Crippen molar-refractivity contribution in [3.8, 4) is 0 Å². The summed E-state index contributed by atoms with van der Waals surface area (Å²) in [6, 6.07) is 0. The first-order chi connectivity index (χ1) is 10.0. The zero-order valence-electron chi connectivity index (χ0n) is 12.6. The first kappa shape index (κ1) is 14.3. The van der Waals surface area contributed by atoms with Crippen LogP contribution in [-0.4, -0.2) is 39.4 Å². The molecule has 21 heavy (non-hydrogen) atoms. The molecule has 1 amide bonds. The molecule has 0 saturated heterocycles. The van der Waals surface area contributed by atoms with E-state index in [1.54, 1.807) is 22.4 Å². The minimum absolute atomic E-state index is 0.00493. The summed E-state index contributed by atoms with van der Waals surface area (Å²) in [5, 5.41) is 1.13. The zero-order chi connectivity index (χ0) is 15.0. The quantitative estimate of drug-likeness (QED) is 0.948. The molecule has 1 aliphatic rings. The Kier molecular flexibility index (Phi) is 3.80. The molecule has 0 radical (unpaired) electrons. The maximum Gasteiger partial charge on any atom is 0.271 e. The Morgan fingerprint density at radius 1 is 1.52 bits per heavy atom. The number of hydrogen-bond donors (Lipinski definition) is 1. The fourth-order valence-corrected chi connectivity index (χ4v) is 4.02. The average Bonchev–Trinajstić information content (AvgIpc) is 3.03. The van der Waals surface area contributed by atoms with Gasteiger partial charge in [-0.2, -0.15) is 0 Å². The smallest absolute Gasteiger partial charge is 0.271 e. The van der Waals surface area contributed by atoms with Gasteiger partial charge in [0.15, 0.2) is 0 Å². The van der Waals surface area contributed by atoms with Gasteiger partial charge in [0.25, 0.3) is 5.91 Å². The molecule has 2 heterocycles. The number of likely N-dealkylation sites (N-methyl/N-ethyl adjacent to an activating group) is 1. The number of aromatic nitrogens is 3. The van der Waals surface area contributed by atoms with E-state index in [0.717, 1.165) is 23.7 Å². The monoisotopic (exact) mass is 304 g/mol. The number of aryl methyl sites for hydroxylation is 3. The molecule has 1 unspecified atom stereocenters. The first-order valence-corrected chi connectivity index (χ1v) is 8.09. The number of rotatable bonds is 3. The maximum absolute atomic E-state index is 12.4. The van der Waals surface area contributed by atoms with Crippen LogP contribution in [0.3, 0.4) is 0 Å². The maximum atomic E-state index is 12.4. The molecule has 1 N–H and O–H groups in total. The highest BCUT2D eigenvalue weighted by Crippen LogP contribution is 2.35. The van der Waals surface area contributed by atoms with E-state index in [-0.39, 0.29) is 5.91 Å². The van der Waals surface area contributed by atoms with Gasteiger partial charge in [-0.1, -0.05) is 0 Å². The van der Waals surface area contributed by atoms with Gasteiger partial charge in [-0.05, 0) is 33.1 Å². The van der Waals surface area contributed by atoms with Gasteiger partial charge in [-0.25, -0.2) is 9.97 Å². The van der Waals surface area contributed by atoms with E-state index in [1.165, 1.54) is 17.0 Å². The van der Waals surface area contributed by atoms with Crippen LogP contribution < -0.4 is 0 Å². The van der Waals surface area contributed by atoms with E-state index in [2.05, 4.69) is 21.9 Å². The van der Waals surface area contributed by atoms with E-state index in [4.69, 9.17) is 0 Å². The second kappa shape index (κ2) is 5.60. The molecule has 0 bridgehead atoms. The number of nitrogens with one attached hydrogen (secondary N) is 1. The SMILES string of the molecule is Cc1ncc(C(=O)N(C)CC2CCCc3sc(C)nc32)[nH]1. The van der Waals surface area contributed by atoms with Crippen LogP contribution in [0.2, 0.25) is 0 Å². The molecule has 0 aliphatic heterocycles. The Bertz CT molecular complexity index is 660. The number of aromatic amines is 1. The summed E-state index contributed by atoms with van der Waals surface area (Å²) < 4.78 is 0. The topological polar surface area (TPSA) is 61.9 Å². The van der Waals surface area contributed by atoms with E-state index in [0.29, 0.717) is 18.2 Å². The largest absolute Gasteiger partial charge is 0.340 e. The van der Waals surface area contributed by atoms with Crippen molar-refractivity contribution in [2.24, 2.45) is 0 Å². The molecule has 0 aromatic carbocycles. The van der Waals surface area contributed by atoms with Crippen molar-refractivity contribution in [3.05, 3.63) is 33.3 Å². The van der Waals surface area contributed by atoms with Crippen LogP contribution in [0.4, 0.5) is 0 Å². The minimum atomic E-state index is -0.00493. The molecule has 1 atom stereocenters. The highest BCUT2D eigenvalue weighted by Gasteiger charge is 2.27. The standard InChI is InChI=1S/C15H20N4OS/c1-9-16-7-12(17-9)15(20)19(3)8-11-5-4-6-13-14(11)18-10(2)21-13/h7,11H,4-6,8H2,1-3H3,(H,16,17). The number of imidazole rings is 1. The van der Waals surface area contributed by atoms with Crippen molar-refractivity contribution in [2.45, 2.75) is 39.0 Å². The molecule has 5 nitrogen and oxygen atoms in total. The predicted octanol–water partition coefficient (Wildman–Crippen LogP) is 2.68. The lowest BCUT2D eigenvalue weighted by Gasteiger charge is -2.26. The normalized spacial score (nSPS) is 17.6. The molecule has 2 aromatic rings. The van der Waals surface area contributed by atoms with Crippen molar-refractivity contribution < 1.29 is 4.79 Å². The van der Waals surface area contributed by atoms with Crippen molar-refractivity contribution in [3.63, 3.8) is 0 Å². The molecule has 0 saturated carbocycles. The predicted molar refractivity (Wildman–Crippen MR) is 82.8 cm³/mol. The lowest BCUT2D eigenvalue weighted by atomic mass is 9.90. The van der Waals surface area contributed by atoms with Gasteiger partial charge in [0, 0.05) is 24.4 Å². The number of fused-ring (bicyclic) bond motifs is 1. The summed E-state index contributed by atoms with van der Waals surface area (Å²) >= 11 is 1.80. The van der Waals surface area contributed by atoms with Crippen LogP contribution in [0.1, 0.15) is 50.7 Å². The molecule has 0 spiro atoms. The summed E-state index contributed by atoms with van der Waals surface area (Å²) in [6.07, 6.45) is 5.03. The number of carbonyl (C=O) groups is 1. The van der Waals surface area contributed by atoms with E-state index in [9.17, 15) is 4.79 Å². The third kappa shape index (κ3) is 2.85. The van der Waals surface area contributed by atoms with Crippen LogP contribution in [0, 0.1) is 13.8 Å². The molecule has 1 aliphatic carbocycles. The van der Waals surface area contributed by atoms with Crippen LogP contribution in [0.25, 0.3) is 0 Å². The van der Waals surface area contributed by atoms with Crippen molar-refractivity contribution >= 4 is 17.2 Å². The van der Waals surface area contributed by atoms with Gasteiger partial charge < -0.3 is 9.88 Å². The van der Waals surface area contributed by atoms with Gasteiger partial charge in [0.05, 0.1) is 16.9 Å². The third-order valence-electron chi connectivity index (χ3n) is 3.95. The number of hydrogen-bond acceptors (Lipinski definition) is 4. The van der Waals surface area contributed by atoms with Gasteiger partial charge in [-0.3, -0.25) is 4.79 Å². The fourth-order valence-electron chi connectivity index (χ4n) is 2.96. The average molecular weight is 304 g/mol. The van der Waals surface area contributed by atoms with Crippen LogP contribution >= 0.6 is 11.3 Å². The Balaban J connectivity index is 1.73. The first-order valence-electron chi connectivity index (χ1n) is 7.28. The van der Waals surface area contributed by atoms with E-state index in [1.807, 2.05) is 14.0 Å². The number of carbonyl (C=O) groups excluding carboxylic acids is 1. The second-order valence-electron chi connectivity index (χ2n) is 5.70. The van der Waals surface area contributed by atoms with Crippen LogP contribution in [0.15, 0.2) is 6.20 Å². The molecule has 112 valence electrons. The Morgan fingerprint density at radius 2 is 2.33 bits per heavy atom. The highest BCUT2D eigenvalue weighted by atomic mass is 32.1. The van der Waals surface area contributed by atoms with Crippen molar-refractivity contribution in [2.75, 3.05) is 13.6 Å². The summed E-state index contributed by atoms with van der Waals surface area (Å²) in [5.74, 6) is 1.12. The molecule has 6 heteroatoms. The number of nitrogens with zero attached hydrogens (tertiary/aromatic N) is 3. The Hall–Kier alpha value is -1.69. The molecular formula is C15H20N4OS.